The highest BCUT2D eigenvalue weighted by Crippen LogP contribution is 2.46. The molecule has 0 saturated carbocycles. The zero-order valence-electron chi connectivity index (χ0n) is 17.2. The van der Waals surface area contributed by atoms with Gasteiger partial charge in [-0.2, -0.15) is 4.90 Å². The fourth-order valence-electron chi connectivity index (χ4n) is 1.93. The number of anilines is 1. The Morgan fingerprint density at radius 2 is 1.59 bits per heavy atom. The summed E-state index contributed by atoms with van der Waals surface area (Å²) in [5.41, 5.74) is -1.14. The van der Waals surface area contributed by atoms with Crippen molar-refractivity contribution in [1.29, 1.82) is 0 Å². The van der Waals surface area contributed by atoms with Crippen LogP contribution >= 0.6 is 18.7 Å². The molecule has 0 aromatic carbocycles. The largest absolute Gasteiger partial charge is 0.443 e. The molecule has 0 N–H and O–H groups in total. The number of rotatable bonds is 5. The van der Waals surface area contributed by atoms with E-state index in [4.69, 9.17) is 14.0 Å². The van der Waals surface area contributed by atoms with E-state index in [1.807, 2.05) is 0 Å². The quantitative estimate of drug-likeness (QED) is 0.599. The predicted octanol–water partition coefficient (Wildman–Crippen LogP) is 5.26. The van der Waals surface area contributed by atoms with Crippen LogP contribution in [0.4, 0.5) is 14.7 Å². The third-order valence-electron chi connectivity index (χ3n) is 2.73. The number of nitrogens with zero attached hydrogens (tertiary/aromatic N) is 2. The Kier molecular flexibility index (Phi) is 7.61. The number of aromatic nitrogens is 1. The summed E-state index contributed by atoms with van der Waals surface area (Å²) in [6.07, 6.45) is -1.67. The summed E-state index contributed by atoms with van der Waals surface area (Å²) in [6.45, 7) is 13.8. The number of ether oxygens (including phenoxy) is 2. The summed E-state index contributed by atoms with van der Waals surface area (Å²) in [5, 5.41) is 1.72. The van der Waals surface area contributed by atoms with E-state index in [1.54, 1.807) is 53.8 Å². The second kappa shape index (κ2) is 8.71. The first kappa shape index (κ1) is 23.6. The van der Waals surface area contributed by atoms with E-state index < -0.39 is 30.8 Å². The molecular weight excluding hydrogens is 391 g/mol. The summed E-state index contributed by atoms with van der Waals surface area (Å²) in [7, 11) is -2.85. The van der Waals surface area contributed by atoms with Gasteiger partial charge in [-0.15, -0.1) is 11.3 Å². The van der Waals surface area contributed by atoms with Crippen molar-refractivity contribution in [3.05, 3.63) is 11.1 Å². The Bertz CT molecular complexity index is 692. The van der Waals surface area contributed by atoms with Crippen molar-refractivity contribution >= 4 is 36.0 Å². The van der Waals surface area contributed by atoms with Gasteiger partial charge in [0.05, 0.1) is 18.5 Å². The van der Waals surface area contributed by atoms with Crippen LogP contribution in [-0.4, -0.2) is 41.6 Å². The predicted molar refractivity (Wildman–Crippen MR) is 106 cm³/mol. The van der Waals surface area contributed by atoms with Gasteiger partial charge in [0.2, 0.25) is 12.5 Å². The highest BCUT2D eigenvalue weighted by Gasteiger charge is 2.35. The average Bonchev–Trinajstić information content (AvgIpc) is 2.81. The average molecular weight is 420 g/mol. The van der Waals surface area contributed by atoms with Gasteiger partial charge in [0.15, 0.2) is 0 Å². The van der Waals surface area contributed by atoms with Crippen molar-refractivity contribution in [1.82, 2.24) is 4.98 Å². The number of hydrogen-bond acceptors (Lipinski definition) is 8. The highest BCUT2D eigenvalue weighted by molar-refractivity contribution is 7.57. The fourth-order valence-corrected chi connectivity index (χ4v) is 4.24. The molecule has 0 aliphatic heterocycles. The number of thiazole rings is 1. The van der Waals surface area contributed by atoms with Gasteiger partial charge in [-0.3, -0.25) is 4.57 Å². The Balaban J connectivity index is 3.14. The van der Waals surface area contributed by atoms with E-state index in [0.29, 0.717) is 12.3 Å². The summed E-state index contributed by atoms with van der Waals surface area (Å²) in [6, 6.07) is 0. The molecule has 1 atom stereocenters. The maximum absolute atomic E-state index is 12.6. The molecule has 0 bridgehead atoms. The molecule has 154 valence electrons. The third-order valence-corrected chi connectivity index (χ3v) is 5.31. The molecule has 8 nitrogen and oxygen atoms in total. The second-order valence-electron chi connectivity index (χ2n) is 8.01. The molecule has 0 aliphatic carbocycles. The minimum atomic E-state index is -2.85. The molecule has 1 rings (SSSR count). The number of carbonyl (C=O) groups is 2. The maximum atomic E-state index is 12.6. The molecular formula is C17H29N2O6PS. The van der Waals surface area contributed by atoms with Gasteiger partial charge in [0, 0.05) is 12.0 Å². The lowest BCUT2D eigenvalue weighted by atomic mass is 10.2. The topological polar surface area (TPSA) is 95.0 Å². The minimum Gasteiger partial charge on any atom is -0.443 e. The van der Waals surface area contributed by atoms with E-state index in [2.05, 4.69) is 4.98 Å². The summed E-state index contributed by atoms with van der Waals surface area (Å²) in [5.74, 6) is 0. The van der Waals surface area contributed by atoms with Crippen LogP contribution in [0.1, 0.15) is 54.2 Å². The van der Waals surface area contributed by atoms with Crippen LogP contribution in [-0.2, 0) is 24.7 Å². The molecule has 1 aromatic rings. The SMILES string of the molecule is CCOP(C)(=O)Cc1csc(N(C(=O)OC(C)(C)C)C(=O)OC(C)(C)C)n1. The molecule has 1 aromatic heterocycles. The number of amides is 2. The molecule has 2 amide bonds. The molecule has 0 fully saturated rings. The smallest absolute Gasteiger partial charge is 0.426 e. The normalized spacial score (nSPS) is 14.4. The first-order valence-corrected chi connectivity index (χ1v) is 11.7. The molecule has 0 spiro atoms. The molecule has 1 unspecified atom stereocenters. The molecule has 0 saturated heterocycles. The van der Waals surface area contributed by atoms with Crippen LogP contribution in [0.3, 0.4) is 0 Å². The van der Waals surface area contributed by atoms with Gasteiger partial charge in [-0.25, -0.2) is 14.6 Å². The van der Waals surface area contributed by atoms with Crippen molar-refractivity contribution < 1.29 is 28.2 Å². The summed E-state index contributed by atoms with van der Waals surface area (Å²) < 4.78 is 28.2. The van der Waals surface area contributed by atoms with Crippen molar-refractivity contribution in [2.24, 2.45) is 0 Å². The minimum absolute atomic E-state index is 0.0880. The zero-order valence-corrected chi connectivity index (χ0v) is 18.9. The zero-order chi connectivity index (χ0) is 21.0. The van der Waals surface area contributed by atoms with E-state index in [0.717, 1.165) is 16.2 Å². The van der Waals surface area contributed by atoms with E-state index in [1.165, 1.54) is 6.66 Å². The Labute approximate surface area is 164 Å². The van der Waals surface area contributed by atoms with E-state index >= 15 is 0 Å². The molecule has 27 heavy (non-hydrogen) atoms. The lowest BCUT2D eigenvalue weighted by Crippen LogP contribution is -2.43. The van der Waals surface area contributed by atoms with Crippen LogP contribution in [0, 0.1) is 0 Å². The van der Waals surface area contributed by atoms with Crippen LogP contribution in [0.25, 0.3) is 0 Å². The van der Waals surface area contributed by atoms with Crippen molar-refractivity contribution in [3.8, 4) is 0 Å². The first-order valence-electron chi connectivity index (χ1n) is 8.55. The van der Waals surface area contributed by atoms with Crippen molar-refractivity contribution in [3.63, 3.8) is 0 Å². The van der Waals surface area contributed by atoms with Gasteiger partial charge < -0.3 is 14.0 Å². The maximum Gasteiger partial charge on any atom is 0.426 e. The Morgan fingerprint density at radius 3 is 2.00 bits per heavy atom. The molecule has 1 heterocycles. The fraction of sp³-hybridized carbons (Fsp3) is 0.706. The monoisotopic (exact) mass is 420 g/mol. The van der Waals surface area contributed by atoms with Gasteiger partial charge in [0.1, 0.15) is 11.2 Å². The van der Waals surface area contributed by atoms with Gasteiger partial charge in [0.25, 0.3) is 0 Å². The number of hydrogen-bond donors (Lipinski definition) is 0. The number of imide groups is 1. The lowest BCUT2D eigenvalue weighted by molar-refractivity contribution is 0.0430. The summed E-state index contributed by atoms with van der Waals surface area (Å²) >= 11 is 1.06. The molecule has 0 aliphatic rings. The van der Waals surface area contributed by atoms with Crippen LogP contribution in [0.5, 0.6) is 0 Å². The number of carbonyl (C=O) groups excluding carboxylic acids is 2. The lowest BCUT2D eigenvalue weighted by Gasteiger charge is -2.27. The van der Waals surface area contributed by atoms with Crippen LogP contribution in [0.2, 0.25) is 0 Å². The van der Waals surface area contributed by atoms with Crippen molar-refractivity contribution in [2.45, 2.75) is 65.8 Å². The van der Waals surface area contributed by atoms with Crippen molar-refractivity contribution in [2.75, 3.05) is 18.2 Å². The highest BCUT2D eigenvalue weighted by atomic mass is 32.1. The van der Waals surface area contributed by atoms with Gasteiger partial charge in [-0.05, 0) is 48.5 Å². The Hall–Kier alpha value is -1.44. The Morgan fingerprint density at radius 1 is 1.11 bits per heavy atom. The van der Waals surface area contributed by atoms with Gasteiger partial charge >= 0.3 is 12.2 Å². The van der Waals surface area contributed by atoms with E-state index in [-0.39, 0.29) is 11.3 Å². The second-order valence-corrected chi connectivity index (χ2v) is 11.4. The van der Waals surface area contributed by atoms with E-state index in [9.17, 15) is 14.2 Å². The van der Waals surface area contributed by atoms with Crippen LogP contribution in [0.15, 0.2) is 5.38 Å². The van der Waals surface area contributed by atoms with Gasteiger partial charge in [-0.1, -0.05) is 0 Å². The molecule has 0 radical (unpaired) electrons. The standard InChI is InChI=1S/C17H29N2O6PS/c1-9-23-26(8,22)10-12-11-27-13(18-12)19(14(20)24-16(2,3)4)15(21)25-17(5,6)7/h11H,9-10H2,1-8H3. The third kappa shape index (κ3) is 8.41. The van der Waals surface area contributed by atoms with Crippen LogP contribution < -0.4 is 4.90 Å². The summed E-state index contributed by atoms with van der Waals surface area (Å²) in [4.78, 5) is 30.2. The first-order chi connectivity index (χ1) is 12.1. The molecule has 10 heteroatoms.